The molecule has 2 rings (SSSR count). The van der Waals surface area contributed by atoms with Gasteiger partial charge in [-0.3, -0.25) is 0 Å². The number of ether oxygens (including phenoxy) is 1. The van der Waals surface area contributed by atoms with Crippen molar-refractivity contribution >= 4 is 17.3 Å². The summed E-state index contributed by atoms with van der Waals surface area (Å²) in [6.07, 6.45) is 1.56. The summed E-state index contributed by atoms with van der Waals surface area (Å²) >= 11 is 1.10. The van der Waals surface area contributed by atoms with Crippen LogP contribution in [0.2, 0.25) is 0 Å². The van der Waals surface area contributed by atoms with Crippen LogP contribution in [0, 0.1) is 6.92 Å². The zero-order valence-corrected chi connectivity index (χ0v) is 10.2. The first-order valence-electron chi connectivity index (χ1n) is 4.90. The number of thiazole rings is 1. The lowest BCUT2D eigenvalue weighted by atomic mass is 10.3. The Hall–Kier alpha value is -1.66. The molecule has 17 heavy (non-hydrogen) atoms. The minimum Gasteiger partial charge on any atom is -0.477 e. The van der Waals surface area contributed by atoms with Gasteiger partial charge in [-0.05, 0) is 18.6 Å². The molecule has 0 saturated heterocycles. The van der Waals surface area contributed by atoms with E-state index in [0.29, 0.717) is 16.5 Å². The van der Waals surface area contributed by atoms with Crippen molar-refractivity contribution in [1.82, 2.24) is 4.98 Å². The van der Waals surface area contributed by atoms with Crippen molar-refractivity contribution in [2.24, 2.45) is 0 Å². The van der Waals surface area contributed by atoms with E-state index in [1.165, 1.54) is 7.11 Å². The Kier molecular flexibility index (Phi) is 3.26. The third-order valence-corrected chi connectivity index (χ3v) is 3.31. The number of hydrogen-bond donors (Lipinski definition) is 1. The van der Waals surface area contributed by atoms with E-state index in [1.54, 1.807) is 6.26 Å². The van der Waals surface area contributed by atoms with Gasteiger partial charge in [-0.25, -0.2) is 9.78 Å². The van der Waals surface area contributed by atoms with E-state index in [9.17, 15) is 4.79 Å². The Balaban J connectivity index is 2.47. The second-order valence-electron chi connectivity index (χ2n) is 3.47. The maximum atomic E-state index is 11.0. The topological polar surface area (TPSA) is 72.6 Å². The molecular weight excluding hydrogens is 242 g/mol. The number of hydrogen-bond acceptors (Lipinski definition) is 5. The maximum Gasteiger partial charge on any atom is 0.347 e. The molecule has 0 spiro atoms. The number of rotatable bonds is 4. The summed E-state index contributed by atoms with van der Waals surface area (Å²) in [7, 11) is 1.50. The van der Waals surface area contributed by atoms with Crippen molar-refractivity contribution in [3.05, 3.63) is 28.5 Å². The highest BCUT2D eigenvalue weighted by atomic mass is 32.1. The van der Waals surface area contributed by atoms with E-state index >= 15 is 0 Å². The van der Waals surface area contributed by atoms with Gasteiger partial charge in [-0.1, -0.05) is 0 Å². The van der Waals surface area contributed by atoms with Crippen molar-refractivity contribution in [3.63, 3.8) is 0 Å². The number of carboxylic acids is 1. The summed E-state index contributed by atoms with van der Waals surface area (Å²) in [6, 6.07) is 1.81. The van der Waals surface area contributed by atoms with Crippen LogP contribution in [0.3, 0.4) is 0 Å². The summed E-state index contributed by atoms with van der Waals surface area (Å²) in [4.78, 5) is 15.5. The second kappa shape index (κ2) is 4.68. The van der Waals surface area contributed by atoms with Gasteiger partial charge in [-0.15, -0.1) is 11.3 Å². The standard InChI is InChI=1S/C11H11NO4S/c1-6-3-4-16-8(6)10-12-7(5-15-2)9(17-10)11(13)14/h3-4H,5H2,1-2H3,(H,13,14). The highest BCUT2D eigenvalue weighted by Gasteiger charge is 2.20. The Morgan fingerprint density at radius 1 is 1.65 bits per heavy atom. The number of furan rings is 1. The Bertz CT molecular complexity index is 543. The molecule has 5 nitrogen and oxygen atoms in total. The van der Waals surface area contributed by atoms with Crippen molar-refractivity contribution in [1.29, 1.82) is 0 Å². The first-order valence-corrected chi connectivity index (χ1v) is 5.71. The number of aromatic carboxylic acids is 1. The molecule has 2 aromatic rings. The molecule has 0 aliphatic rings. The molecule has 0 bridgehead atoms. The number of carbonyl (C=O) groups is 1. The molecule has 0 aromatic carbocycles. The Morgan fingerprint density at radius 2 is 2.41 bits per heavy atom. The third kappa shape index (κ3) is 2.22. The van der Waals surface area contributed by atoms with Crippen LogP contribution >= 0.6 is 11.3 Å². The van der Waals surface area contributed by atoms with Crippen LogP contribution in [-0.2, 0) is 11.3 Å². The van der Waals surface area contributed by atoms with Gasteiger partial charge in [0.05, 0.1) is 18.6 Å². The van der Waals surface area contributed by atoms with Crippen molar-refractivity contribution in [2.45, 2.75) is 13.5 Å². The molecule has 0 radical (unpaired) electrons. The lowest BCUT2D eigenvalue weighted by molar-refractivity contribution is 0.0697. The zero-order valence-electron chi connectivity index (χ0n) is 9.39. The van der Waals surface area contributed by atoms with Crippen LogP contribution in [0.1, 0.15) is 20.9 Å². The second-order valence-corrected chi connectivity index (χ2v) is 4.46. The summed E-state index contributed by atoms with van der Waals surface area (Å²) in [5, 5.41) is 9.62. The molecule has 0 amide bonds. The molecule has 1 N–H and O–H groups in total. The molecule has 6 heteroatoms. The molecule has 2 aromatic heterocycles. The van der Waals surface area contributed by atoms with Gasteiger partial charge in [-0.2, -0.15) is 0 Å². The maximum absolute atomic E-state index is 11.0. The predicted molar refractivity (Wildman–Crippen MR) is 62.2 cm³/mol. The Labute approximate surface area is 102 Å². The van der Waals surface area contributed by atoms with Gasteiger partial charge in [0.2, 0.25) is 0 Å². The monoisotopic (exact) mass is 253 g/mol. The normalized spacial score (nSPS) is 10.7. The SMILES string of the molecule is COCc1nc(-c2occc2C)sc1C(=O)O. The molecular formula is C11H11NO4S. The first-order chi connectivity index (χ1) is 8.13. The highest BCUT2D eigenvalue weighted by Crippen LogP contribution is 2.31. The van der Waals surface area contributed by atoms with Gasteiger partial charge in [0, 0.05) is 7.11 Å². The van der Waals surface area contributed by atoms with E-state index in [-0.39, 0.29) is 11.5 Å². The van der Waals surface area contributed by atoms with E-state index in [1.807, 2.05) is 13.0 Å². The average Bonchev–Trinajstić information content (AvgIpc) is 2.84. The number of aromatic nitrogens is 1. The van der Waals surface area contributed by atoms with Crippen LogP contribution in [0.15, 0.2) is 16.7 Å². The van der Waals surface area contributed by atoms with E-state index in [0.717, 1.165) is 16.9 Å². The minimum atomic E-state index is -0.995. The van der Waals surface area contributed by atoms with Gasteiger partial charge in [0.15, 0.2) is 10.8 Å². The molecule has 0 saturated carbocycles. The van der Waals surface area contributed by atoms with Crippen molar-refractivity contribution in [2.75, 3.05) is 7.11 Å². The number of methoxy groups -OCH3 is 1. The molecule has 90 valence electrons. The van der Waals surface area contributed by atoms with Crippen molar-refractivity contribution < 1.29 is 19.1 Å². The summed E-state index contributed by atoms with van der Waals surface area (Å²) in [6.45, 7) is 2.06. The van der Waals surface area contributed by atoms with E-state index < -0.39 is 5.97 Å². The summed E-state index contributed by atoms with van der Waals surface area (Å²) < 4.78 is 10.2. The lowest BCUT2D eigenvalue weighted by Gasteiger charge is -1.94. The first kappa shape index (κ1) is 11.8. The van der Waals surface area contributed by atoms with E-state index in [4.69, 9.17) is 14.3 Å². The van der Waals surface area contributed by atoms with Crippen LogP contribution in [0.5, 0.6) is 0 Å². The largest absolute Gasteiger partial charge is 0.477 e. The molecule has 0 unspecified atom stereocenters. The van der Waals surface area contributed by atoms with Crippen molar-refractivity contribution in [3.8, 4) is 10.8 Å². The molecule has 0 aliphatic carbocycles. The summed E-state index contributed by atoms with van der Waals surface area (Å²) in [5.41, 5.74) is 1.36. The number of carboxylic acid groups (broad SMARTS) is 1. The molecule has 0 fully saturated rings. The van der Waals surface area contributed by atoms with Gasteiger partial charge < -0.3 is 14.3 Å². The van der Waals surface area contributed by atoms with E-state index in [2.05, 4.69) is 4.98 Å². The fourth-order valence-corrected chi connectivity index (χ4v) is 2.40. The number of aryl methyl sites for hydroxylation is 1. The highest BCUT2D eigenvalue weighted by molar-refractivity contribution is 7.17. The van der Waals surface area contributed by atoms with Crippen LogP contribution in [0.25, 0.3) is 10.8 Å². The van der Waals surface area contributed by atoms with Gasteiger partial charge >= 0.3 is 5.97 Å². The quantitative estimate of drug-likeness (QED) is 0.906. The van der Waals surface area contributed by atoms with Crippen LogP contribution in [-0.4, -0.2) is 23.2 Å². The van der Waals surface area contributed by atoms with Gasteiger partial charge in [0.1, 0.15) is 4.88 Å². The minimum absolute atomic E-state index is 0.178. The van der Waals surface area contributed by atoms with Crippen LogP contribution < -0.4 is 0 Å². The fraction of sp³-hybridized carbons (Fsp3) is 0.273. The lowest BCUT2D eigenvalue weighted by Crippen LogP contribution is -1.99. The Morgan fingerprint density at radius 3 is 2.94 bits per heavy atom. The van der Waals surface area contributed by atoms with Gasteiger partial charge in [0.25, 0.3) is 0 Å². The fourth-order valence-electron chi connectivity index (χ4n) is 1.44. The number of nitrogens with zero attached hydrogens (tertiary/aromatic N) is 1. The molecule has 0 aliphatic heterocycles. The average molecular weight is 253 g/mol. The zero-order chi connectivity index (χ0) is 12.4. The molecule has 2 heterocycles. The molecule has 0 atom stereocenters. The van der Waals surface area contributed by atoms with Crippen LogP contribution in [0.4, 0.5) is 0 Å². The summed E-state index contributed by atoms with van der Waals surface area (Å²) in [5.74, 6) is -0.384. The third-order valence-electron chi connectivity index (χ3n) is 2.23. The smallest absolute Gasteiger partial charge is 0.347 e. The predicted octanol–water partition coefficient (Wildman–Crippen LogP) is 2.56.